The minimum absolute atomic E-state index is 0.00655. The highest BCUT2D eigenvalue weighted by molar-refractivity contribution is 5.69. The number of hydrogen-bond acceptors (Lipinski definition) is 7. The highest BCUT2D eigenvalue weighted by Crippen LogP contribution is 2.42. The first-order chi connectivity index (χ1) is 19.2. The molecule has 2 unspecified atom stereocenters. The lowest BCUT2D eigenvalue weighted by Crippen LogP contribution is -2.59. The van der Waals surface area contributed by atoms with Crippen molar-refractivity contribution in [3.05, 3.63) is 42.0 Å². The van der Waals surface area contributed by atoms with Crippen LogP contribution in [0.4, 0.5) is 0 Å². The highest BCUT2D eigenvalue weighted by atomic mass is 16.6. The van der Waals surface area contributed by atoms with E-state index in [1.807, 2.05) is 24.3 Å². The Balaban J connectivity index is 1.50. The summed E-state index contributed by atoms with van der Waals surface area (Å²) in [5, 5.41) is 0. The van der Waals surface area contributed by atoms with Crippen LogP contribution in [-0.2, 0) is 35.1 Å². The van der Waals surface area contributed by atoms with Crippen molar-refractivity contribution < 1.29 is 33.2 Å². The van der Waals surface area contributed by atoms with Gasteiger partial charge in [-0.2, -0.15) is 0 Å². The van der Waals surface area contributed by atoms with Crippen LogP contribution in [0, 0.1) is 17.8 Å². The molecule has 3 saturated heterocycles. The number of methoxy groups -OCH3 is 2. The van der Waals surface area contributed by atoms with Gasteiger partial charge in [0, 0.05) is 18.8 Å². The highest BCUT2D eigenvalue weighted by Gasteiger charge is 2.50. The fourth-order valence-corrected chi connectivity index (χ4v) is 6.72. The van der Waals surface area contributed by atoms with Crippen molar-refractivity contribution >= 4 is 5.97 Å². The van der Waals surface area contributed by atoms with E-state index in [0.29, 0.717) is 37.7 Å². The van der Waals surface area contributed by atoms with Crippen LogP contribution >= 0.6 is 0 Å². The third kappa shape index (κ3) is 7.47. The molecule has 1 aromatic carbocycles. The predicted octanol–water partition coefficient (Wildman–Crippen LogP) is 6.27. The molecule has 3 aliphatic heterocycles. The molecule has 10 atom stereocenters. The Hall–Kier alpha value is -1.93. The first-order valence-electron chi connectivity index (χ1n) is 15.2. The van der Waals surface area contributed by atoms with Crippen molar-refractivity contribution in [1.82, 2.24) is 0 Å². The average molecular weight is 559 g/mol. The Kier molecular flexibility index (Phi) is 11.1. The molecule has 224 valence electrons. The smallest absolute Gasteiger partial charge is 0.305 e. The zero-order chi connectivity index (χ0) is 28.8. The van der Waals surface area contributed by atoms with E-state index in [-0.39, 0.29) is 54.6 Å². The molecule has 0 N–H and O–H groups in total. The summed E-state index contributed by atoms with van der Waals surface area (Å²) in [7, 11) is 3.10. The van der Waals surface area contributed by atoms with Gasteiger partial charge in [0.05, 0.1) is 63.6 Å². The summed E-state index contributed by atoms with van der Waals surface area (Å²) in [6.07, 6.45) is 5.54. The number of carbonyl (C=O) groups excluding carboxylic acids is 1. The van der Waals surface area contributed by atoms with Crippen molar-refractivity contribution in [2.75, 3.05) is 14.2 Å². The number of hydrogen-bond donors (Lipinski definition) is 0. The largest absolute Gasteiger partial charge is 0.497 e. The van der Waals surface area contributed by atoms with Gasteiger partial charge in [0.1, 0.15) is 5.75 Å². The molecular weight excluding hydrogens is 508 g/mol. The maximum absolute atomic E-state index is 11.8. The molecule has 0 spiro atoms. The molecule has 7 heteroatoms. The van der Waals surface area contributed by atoms with Crippen molar-refractivity contribution in [3.63, 3.8) is 0 Å². The lowest BCUT2D eigenvalue weighted by Gasteiger charge is -2.51. The molecule has 3 aliphatic rings. The molecule has 3 heterocycles. The van der Waals surface area contributed by atoms with Gasteiger partial charge in [-0.3, -0.25) is 4.79 Å². The third-order valence-corrected chi connectivity index (χ3v) is 9.23. The SMILES string of the molecule is C=C1C(C[C@@H]2O[C@H]3CC(C)[C@@H](CCC)O[C@H]3[C@H](C)[C@H]2OCc2ccc(OC)cc2)O[C@@H](CCC(=O)OC)C[C@H]1C. The lowest BCUT2D eigenvalue weighted by molar-refractivity contribution is -0.269. The van der Waals surface area contributed by atoms with Gasteiger partial charge in [-0.25, -0.2) is 0 Å². The Morgan fingerprint density at radius 1 is 1.00 bits per heavy atom. The molecule has 0 amide bonds. The number of fused-ring (bicyclic) bond motifs is 1. The third-order valence-electron chi connectivity index (χ3n) is 9.23. The van der Waals surface area contributed by atoms with E-state index < -0.39 is 0 Å². The molecule has 3 fully saturated rings. The second kappa shape index (κ2) is 14.3. The number of esters is 1. The second-order valence-corrected chi connectivity index (χ2v) is 12.1. The van der Waals surface area contributed by atoms with E-state index in [0.717, 1.165) is 42.6 Å². The van der Waals surface area contributed by atoms with Crippen LogP contribution in [0.25, 0.3) is 0 Å². The molecule has 0 aliphatic carbocycles. The van der Waals surface area contributed by atoms with Crippen LogP contribution < -0.4 is 4.74 Å². The standard InChI is InChI=1S/C33H50O7/c1-8-9-27-21(3)17-29-33(40-27)23(5)32(37-19-24-10-12-25(35-6)13-11-24)30(39-29)18-28-22(4)20(2)16-26(38-28)14-15-31(34)36-7/h10-13,20-21,23,26-30,32-33H,4,8-9,14-19H2,1-3,5-7H3/t20-,21?,23-,26+,27-,28?,29+,30+,32-,33+/m1/s1. The summed E-state index contributed by atoms with van der Waals surface area (Å²) in [6.45, 7) is 13.9. The molecule has 0 saturated carbocycles. The number of rotatable bonds is 11. The monoisotopic (exact) mass is 558 g/mol. The number of ether oxygens (including phenoxy) is 6. The van der Waals surface area contributed by atoms with Gasteiger partial charge in [-0.05, 0) is 60.8 Å². The van der Waals surface area contributed by atoms with Crippen molar-refractivity contribution in [3.8, 4) is 5.75 Å². The summed E-state index contributed by atoms with van der Waals surface area (Å²) in [4.78, 5) is 11.8. The number of carbonyl (C=O) groups is 1. The first kappa shape index (κ1) is 31.0. The fourth-order valence-electron chi connectivity index (χ4n) is 6.72. The Morgan fingerprint density at radius 2 is 1.75 bits per heavy atom. The van der Waals surface area contributed by atoms with Gasteiger partial charge >= 0.3 is 5.97 Å². The van der Waals surface area contributed by atoms with Gasteiger partial charge < -0.3 is 28.4 Å². The molecular formula is C33H50O7. The molecule has 4 rings (SSSR count). The van der Waals surface area contributed by atoms with Crippen LogP contribution in [0.15, 0.2) is 36.4 Å². The summed E-state index contributed by atoms with van der Waals surface area (Å²) >= 11 is 0. The fraction of sp³-hybridized carbons (Fsp3) is 0.727. The molecule has 40 heavy (non-hydrogen) atoms. The van der Waals surface area contributed by atoms with E-state index >= 15 is 0 Å². The Bertz CT molecular complexity index is 962. The van der Waals surface area contributed by atoms with Crippen molar-refractivity contribution in [2.45, 2.75) is 122 Å². The number of benzene rings is 1. The van der Waals surface area contributed by atoms with Crippen molar-refractivity contribution in [2.24, 2.45) is 17.8 Å². The van der Waals surface area contributed by atoms with Gasteiger partial charge in [-0.15, -0.1) is 0 Å². The minimum Gasteiger partial charge on any atom is -0.497 e. The van der Waals surface area contributed by atoms with E-state index in [4.69, 9.17) is 28.4 Å². The van der Waals surface area contributed by atoms with Crippen LogP contribution in [0.3, 0.4) is 0 Å². The average Bonchev–Trinajstić information content (AvgIpc) is 2.95. The van der Waals surface area contributed by atoms with Crippen LogP contribution in [0.1, 0.15) is 78.2 Å². The maximum Gasteiger partial charge on any atom is 0.305 e. The maximum atomic E-state index is 11.8. The van der Waals surface area contributed by atoms with E-state index in [9.17, 15) is 4.79 Å². The lowest BCUT2D eigenvalue weighted by atomic mass is 9.78. The first-order valence-corrected chi connectivity index (χ1v) is 15.2. The minimum atomic E-state index is -0.201. The molecule has 0 bridgehead atoms. The zero-order valence-electron chi connectivity index (χ0n) is 25.3. The topological polar surface area (TPSA) is 72.5 Å². The van der Waals surface area contributed by atoms with E-state index in [1.165, 1.54) is 7.11 Å². The van der Waals surface area contributed by atoms with Crippen molar-refractivity contribution in [1.29, 1.82) is 0 Å². The molecule has 0 radical (unpaired) electrons. The van der Waals surface area contributed by atoms with Gasteiger partial charge in [0.15, 0.2) is 0 Å². The van der Waals surface area contributed by atoms with Gasteiger partial charge in [0.25, 0.3) is 0 Å². The molecule has 1 aromatic rings. The van der Waals surface area contributed by atoms with Crippen LogP contribution in [0.5, 0.6) is 5.75 Å². The van der Waals surface area contributed by atoms with Gasteiger partial charge in [-0.1, -0.05) is 52.8 Å². The Labute approximate surface area is 240 Å². The Morgan fingerprint density at radius 3 is 2.42 bits per heavy atom. The summed E-state index contributed by atoms with van der Waals surface area (Å²) in [5.41, 5.74) is 2.18. The molecule has 0 aromatic heterocycles. The zero-order valence-corrected chi connectivity index (χ0v) is 25.3. The summed E-state index contributed by atoms with van der Waals surface area (Å²) in [5.74, 6) is 1.55. The van der Waals surface area contributed by atoms with E-state index in [2.05, 4.69) is 34.3 Å². The predicted molar refractivity (Wildman–Crippen MR) is 154 cm³/mol. The normalized spacial score (nSPS) is 36.1. The second-order valence-electron chi connectivity index (χ2n) is 12.1. The van der Waals surface area contributed by atoms with E-state index in [1.54, 1.807) is 7.11 Å². The van der Waals surface area contributed by atoms with Gasteiger partial charge in [0.2, 0.25) is 0 Å². The molecule has 7 nitrogen and oxygen atoms in total. The van der Waals surface area contributed by atoms with Crippen LogP contribution in [0.2, 0.25) is 0 Å². The summed E-state index contributed by atoms with van der Waals surface area (Å²) in [6, 6.07) is 8.01. The quantitative estimate of drug-likeness (QED) is 0.234. The summed E-state index contributed by atoms with van der Waals surface area (Å²) < 4.78 is 37.0. The van der Waals surface area contributed by atoms with Crippen LogP contribution in [-0.4, -0.2) is 62.9 Å².